The van der Waals surface area contributed by atoms with Crippen molar-refractivity contribution >= 4 is 11.7 Å². The number of hydrogen-bond donors (Lipinski definition) is 1. The Morgan fingerprint density at radius 3 is 2.62 bits per heavy atom. The second-order valence-electron chi connectivity index (χ2n) is 3.91. The van der Waals surface area contributed by atoms with Gasteiger partial charge >= 0.3 is 5.97 Å². The molecule has 0 amide bonds. The van der Waals surface area contributed by atoms with Crippen molar-refractivity contribution < 1.29 is 9.90 Å². The van der Waals surface area contributed by atoms with Crippen molar-refractivity contribution in [2.45, 2.75) is 33.7 Å². The van der Waals surface area contributed by atoms with E-state index in [1.807, 2.05) is 31.7 Å². The van der Waals surface area contributed by atoms with Gasteiger partial charge in [0.25, 0.3) is 0 Å². The van der Waals surface area contributed by atoms with Crippen LogP contribution in [-0.4, -0.2) is 28.6 Å². The fraction of sp³-hybridized carbons (Fsp3) is 0.500. The first kappa shape index (κ1) is 12.5. The zero-order valence-electron chi connectivity index (χ0n) is 10.2. The van der Waals surface area contributed by atoms with E-state index in [2.05, 4.69) is 4.98 Å². The van der Waals surface area contributed by atoms with Crippen molar-refractivity contribution in [3.05, 3.63) is 23.5 Å². The maximum absolute atomic E-state index is 11.0. The molecule has 0 spiro atoms. The SMILES string of the molecule is CCN(c1cnc(C)cc1C)[C@@H](C)C(=O)O. The minimum absolute atomic E-state index is 0.534. The van der Waals surface area contributed by atoms with Crippen LogP contribution in [0.3, 0.4) is 0 Å². The van der Waals surface area contributed by atoms with E-state index < -0.39 is 12.0 Å². The van der Waals surface area contributed by atoms with Gasteiger partial charge in [0.1, 0.15) is 6.04 Å². The summed E-state index contributed by atoms with van der Waals surface area (Å²) in [6.07, 6.45) is 1.74. The summed E-state index contributed by atoms with van der Waals surface area (Å²) in [4.78, 5) is 17.0. The molecule has 0 aromatic carbocycles. The molecule has 0 unspecified atom stereocenters. The van der Waals surface area contributed by atoms with E-state index in [4.69, 9.17) is 5.11 Å². The van der Waals surface area contributed by atoms with Gasteiger partial charge < -0.3 is 10.0 Å². The Hall–Kier alpha value is -1.58. The number of rotatable bonds is 4. The van der Waals surface area contributed by atoms with Crippen molar-refractivity contribution in [1.82, 2.24) is 4.98 Å². The third-order valence-electron chi connectivity index (χ3n) is 2.69. The fourth-order valence-electron chi connectivity index (χ4n) is 1.78. The number of likely N-dealkylation sites (N-methyl/N-ethyl adjacent to an activating group) is 1. The zero-order valence-corrected chi connectivity index (χ0v) is 10.2. The quantitative estimate of drug-likeness (QED) is 0.846. The number of carbonyl (C=O) groups is 1. The molecule has 1 rings (SSSR count). The average Bonchev–Trinajstić information content (AvgIpc) is 2.21. The molecule has 16 heavy (non-hydrogen) atoms. The highest BCUT2D eigenvalue weighted by atomic mass is 16.4. The minimum atomic E-state index is -0.818. The molecule has 0 saturated carbocycles. The number of hydrogen-bond acceptors (Lipinski definition) is 3. The van der Waals surface area contributed by atoms with Gasteiger partial charge in [0, 0.05) is 12.2 Å². The normalized spacial score (nSPS) is 12.2. The van der Waals surface area contributed by atoms with Gasteiger partial charge in [-0.15, -0.1) is 0 Å². The molecular formula is C12H18N2O2. The second-order valence-corrected chi connectivity index (χ2v) is 3.91. The van der Waals surface area contributed by atoms with Crippen LogP contribution in [0, 0.1) is 13.8 Å². The third kappa shape index (κ3) is 2.51. The van der Waals surface area contributed by atoms with Gasteiger partial charge in [-0.3, -0.25) is 4.98 Å². The molecule has 0 bridgehead atoms. The molecule has 0 aliphatic rings. The van der Waals surface area contributed by atoms with E-state index in [0.29, 0.717) is 6.54 Å². The Labute approximate surface area is 95.9 Å². The lowest BCUT2D eigenvalue weighted by atomic mass is 10.1. The Bertz CT molecular complexity index is 391. The zero-order chi connectivity index (χ0) is 12.3. The Kier molecular flexibility index (Phi) is 3.88. The first-order valence-corrected chi connectivity index (χ1v) is 5.40. The molecule has 0 saturated heterocycles. The van der Waals surface area contributed by atoms with Crippen molar-refractivity contribution in [2.75, 3.05) is 11.4 Å². The summed E-state index contributed by atoms with van der Waals surface area (Å²) < 4.78 is 0. The molecule has 0 aliphatic heterocycles. The van der Waals surface area contributed by atoms with Crippen molar-refractivity contribution in [1.29, 1.82) is 0 Å². The lowest BCUT2D eigenvalue weighted by molar-refractivity contribution is -0.138. The van der Waals surface area contributed by atoms with E-state index in [1.165, 1.54) is 0 Å². The molecule has 0 aliphatic carbocycles. The molecule has 0 fully saturated rings. The number of nitrogens with zero attached hydrogens (tertiary/aromatic N) is 2. The standard InChI is InChI=1S/C12H18N2O2/c1-5-14(10(4)12(15)16)11-7-13-9(3)6-8(11)2/h6-7,10H,5H2,1-4H3,(H,15,16)/t10-/m0/s1. The van der Waals surface area contributed by atoms with E-state index in [9.17, 15) is 4.79 Å². The molecule has 88 valence electrons. The predicted octanol–water partition coefficient (Wildman–Crippen LogP) is 2.00. The third-order valence-corrected chi connectivity index (χ3v) is 2.69. The molecule has 4 heteroatoms. The highest BCUT2D eigenvalue weighted by molar-refractivity contribution is 5.78. The maximum atomic E-state index is 11.0. The summed E-state index contributed by atoms with van der Waals surface area (Å²) in [6.45, 7) is 8.18. The molecule has 1 atom stereocenters. The van der Waals surface area contributed by atoms with Gasteiger partial charge in [-0.05, 0) is 39.3 Å². The van der Waals surface area contributed by atoms with Crippen LogP contribution in [0.25, 0.3) is 0 Å². The maximum Gasteiger partial charge on any atom is 0.326 e. The number of aryl methyl sites for hydroxylation is 2. The molecule has 1 heterocycles. The van der Waals surface area contributed by atoms with Gasteiger partial charge in [-0.1, -0.05) is 0 Å². The summed E-state index contributed by atoms with van der Waals surface area (Å²) in [7, 11) is 0. The lowest BCUT2D eigenvalue weighted by Crippen LogP contribution is -2.39. The number of carboxylic acid groups (broad SMARTS) is 1. The summed E-state index contributed by atoms with van der Waals surface area (Å²) >= 11 is 0. The van der Waals surface area contributed by atoms with Crippen LogP contribution in [-0.2, 0) is 4.79 Å². The Balaban J connectivity index is 3.08. The highest BCUT2D eigenvalue weighted by Gasteiger charge is 2.20. The molecular weight excluding hydrogens is 204 g/mol. The van der Waals surface area contributed by atoms with Gasteiger partial charge in [0.05, 0.1) is 11.9 Å². The topological polar surface area (TPSA) is 53.4 Å². The Morgan fingerprint density at radius 2 is 2.19 bits per heavy atom. The van der Waals surface area contributed by atoms with Crippen LogP contribution in [0.4, 0.5) is 5.69 Å². The molecule has 4 nitrogen and oxygen atoms in total. The first-order chi connectivity index (χ1) is 7.47. The van der Waals surface area contributed by atoms with Crippen LogP contribution < -0.4 is 4.90 Å². The number of aliphatic carboxylic acids is 1. The van der Waals surface area contributed by atoms with Crippen molar-refractivity contribution in [2.24, 2.45) is 0 Å². The van der Waals surface area contributed by atoms with E-state index >= 15 is 0 Å². The smallest absolute Gasteiger partial charge is 0.326 e. The van der Waals surface area contributed by atoms with E-state index in [-0.39, 0.29) is 0 Å². The molecule has 1 aromatic heterocycles. The van der Waals surface area contributed by atoms with Crippen LogP contribution >= 0.6 is 0 Å². The average molecular weight is 222 g/mol. The number of carboxylic acids is 1. The van der Waals surface area contributed by atoms with Crippen LogP contribution in [0.5, 0.6) is 0 Å². The summed E-state index contributed by atoms with van der Waals surface area (Å²) in [5, 5.41) is 9.03. The molecule has 1 N–H and O–H groups in total. The van der Waals surface area contributed by atoms with E-state index in [1.54, 1.807) is 13.1 Å². The number of anilines is 1. The van der Waals surface area contributed by atoms with E-state index in [0.717, 1.165) is 16.9 Å². The number of pyridine rings is 1. The van der Waals surface area contributed by atoms with Crippen LogP contribution in [0.2, 0.25) is 0 Å². The van der Waals surface area contributed by atoms with Gasteiger partial charge in [-0.25, -0.2) is 4.79 Å². The molecule has 0 radical (unpaired) electrons. The van der Waals surface area contributed by atoms with Crippen molar-refractivity contribution in [3.8, 4) is 0 Å². The second kappa shape index (κ2) is 4.96. The van der Waals surface area contributed by atoms with Crippen molar-refractivity contribution in [3.63, 3.8) is 0 Å². The Morgan fingerprint density at radius 1 is 1.56 bits per heavy atom. The number of aromatic nitrogens is 1. The van der Waals surface area contributed by atoms with Gasteiger partial charge in [-0.2, -0.15) is 0 Å². The highest BCUT2D eigenvalue weighted by Crippen LogP contribution is 2.21. The largest absolute Gasteiger partial charge is 0.480 e. The monoisotopic (exact) mass is 222 g/mol. The summed E-state index contributed by atoms with van der Waals surface area (Å²) in [5.74, 6) is -0.818. The van der Waals surface area contributed by atoms with Gasteiger partial charge in [0.2, 0.25) is 0 Å². The van der Waals surface area contributed by atoms with Crippen LogP contribution in [0.15, 0.2) is 12.3 Å². The lowest BCUT2D eigenvalue weighted by Gasteiger charge is -2.28. The van der Waals surface area contributed by atoms with Crippen LogP contribution in [0.1, 0.15) is 25.1 Å². The molecule has 1 aromatic rings. The summed E-state index contributed by atoms with van der Waals surface area (Å²) in [5.41, 5.74) is 2.89. The predicted molar refractivity (Wildman–Crippen MR) is 63.8 cm³/mol. The fourth-order valence-corrected chi connectivity index (χ4v) is 1.78. The van der Waals surface area contributed by atoms with Gasteiger partial charge in [0.15, 0.2) is 0 Å². The first-order valence-electron chi connectivity index (χ1n) is 5.40. The minimum Gasteiger partial charge on any atom is -0.480 e. The summed E-state index contributed by atoms with van der Waals surface area (Å²) in [6, 6.07) is 1.43.